The normalized spacial score (nSPS) is 13.8. The van der Waals surface area contributed by atoms with Crippen molar-refractivity contribution in [2.24, 2.45) is 0 Å². The number of hydrogen-bond acceptors (Lipinski definition) is 4. The van der Waals surface area contributed by atoms with Crippen LogP contribution in [-0.2, 0) is 25.0 Å². The maximum Gasteiger partial charge on any atom is 0.221 e. The second kappa shape index (κ2) is 8.66. The zero-order chi connectivity index (χ0) is 19.2. The molecule has 0 aliphatic rings. The van der Waals surface area contributed by atoms with Gasteiger partial charge in [-0.2, -0.15) is 0 Å². The highest BCUT2D eigenvalue weighted by Gasteiger charge is 2.27. The Morgan fingerprint density at radius 2 is 1.85 bits per heavy atom. The van der Waals surface area contributed by atoms with Gasteiger partial charge in [-0.25, -0.2) is 8.42 Å². The summed E-state index contributed by atoms with van der Waals surface area (Å²) in [5, 5.41) is 3.32. The summed E-state index contributed by atoms with van der Waals surface area (Å²) >= 11 is 6.02. The van der Waals surface area contributed by atoms with Crippen molar-refractivity contribution in [1.82, 2.24) is 5.32 Å². The van der Waals surface area contributed by atoms with Crippen LogP contribution in [0.3, 0.4) is 0 Å². The fraction of sp³-hybridized carbons (Fsp3) is 0.316. The van der Waals surface area contributed by atoms with Gasteiger partial charge in [-0.1, -0.05) is 41.9 Å². The summed E-state index contributed by atoms with van der Waals surface area (Å²) in [5.74, 6) is -0.598. The Balaban J connectivity index is 1.95. The minimum absolute atomic E-state index is 0.118. The van der Waals surface area contributed by atoms with Crippen LogP contribution in [0.25, 0.3) is 0 Å². The molecule has 2 aromatic rings. The van der Waals surface area contributed by atoms with Gasteiger partial charge in [0.05, 0.1) is 17.2 Å². The molecule has 1 N–H and O–H groups in total. The van der Waals surface area contributed by atoms with Crippen LogP contribution in [0.5, 0.6) is 0 Å². The Morgan fingerprint density at radius 1 is 1.15 bits per heavy atom. The molecule has 0 fully saturated rings. The first-order valence-electron chi connectivity index (χ1n) is 8.12. The van der Waals surface area contributed by atoms with Crippen LogP contribution in [0, 0.1) is 0 Å². The van der Waals surface area contributed by atoms with E-state index in [1.807, 2.05) is 19.1 Å². The van der Waals surface area contributed by atoms with Crippen LogP contribution in [0.2, 0.25) is 5.02 Å². The minimum atomic E-state index is -3.48. The summed E-state index contributed by atoms with van der Waals surface area (Å²) in [5.41, 5.74) is 0.0588. The standard InChI is InChI=1S/C19H22ClNO4S/c1-19(25-2,15-7-6-8-16(20)13-15)14-21-18(22)11-12-26(23,24)17-9-4-3-5-10-17/h3-10,13H,11-12,14H2,1-2H3,(H,21,22). The lowest BCUT2D eigenvalue weighted by molar-refractivity contribution is -0.122. The lowest BCUT2D eigenvalue weighted by Crippen LogP contribution is -2.40. The van der Waals surface area contributed by atoms with Gasteiger partial charge in [0.2, 0.25) is 5.91 Å². The maximum atomic E-state index is 12.2. The van der Waals surface area contributed by atoms with E-state index in [1.54, 1.807) is 37.4 Å². The van der Waals surface area contributed by atoms with E-state index < -0.39 is 15.4 Å². The van der Waals surface area contributed by atoms with Gasteiger partial charge in [-0.3, -0.25) is 4.79 Å². The molecular formula is C19H22ClNO4S. The first-order valence-corrected chi connectivity index (χ1v) is 10.2. The monoisotopic (exact) mass is 395 g/mol. The molecule has 0 aromatic heterocycles. The van der Waals surface area contributed by atoms with Gasteiger partial charge in [-0.15, -0.1) is 0 Å². The summed E-state index contributed by atoms with van der Waals surface area (Å²) in [6, 6.07) is 15.3. The molecule has 1 amide bonds. The van der Waals surface area contributed by atoms with E-state index in [1.165, 1.54) is 12.1 Å². The Kier molecular flexibility index (Phi) is 6.81. The minimum Gasteiger partial charge on any atom is -0.372 e. The van der Waals surface area contributed by atoms with E-state index >= 15 is 0 Å². The third-order valence-corrected chi connectivity index (χ3v) is 6.18. The molecule has 1 unspecified atom stereocenters. The lowest BCUT2D eigenvalue weighted by atomic mass is 9.95. The molecule has 140 valence electrons. The topological polar surface area (TPSA) is 72.5 Å². The highest BCUT2D eigenvalue weighted by molar-refractivity contribution is 7.91. The lowest BCUT2D eigenvalue weighted by Gasteiger charge is -2.29. The van der Waals surface area contributed by atoms with Crippen LogP contribution in [0.4, 0.5) is 0 Å². The first kappa shape index (κ1) is 20.4. The molecule has 5 nitrogen and oxygen atoms in total. The predicted molar refractivity (Wildman–Crippen MR) is 102 cm³/mol. The highest BCUT2D eigenvalue weighted by atomic mass is 35.5. The Labute approximate surface area is 159 Å². The molecule has 0 saturated heterocycles. The Bertz CT molecular complexity index is 855. The van der Waals surface area contributed by atoms with Gasteiger partial charge < -0.3 is 10.1 Å². The zero-order valence-electron chi connectivity index (χ0n) is 14.7. The third-order valence-electron chi connectivity index (χ3n) is 4.21. The number of rotatable bonds is 8. The number of nitrogens with one attached hydrogen (secondary N) is 1. The molecule has 0 aliphatic heterocycles. The summed E-state index contributed by atoms with van der Waals surface area (Å²) in [6.45, 7) is 2.04. The first-order chi connectivity index (χ1) is 12.3. The summed E-state index contributed by atoms with van der Waals surface area (Å²) in [6.07, 6.45) is -0.118. The van der Waals surface area contributed by atoms with Gasteiger partial charge in [0.15, 0.2) is 9.84 Å². The summed E-state index contributed by atoms with van der Waals surface area (Å²) in [4.78, 5) is 12.3. The van der Waals surface area contributed by atoms with Crippen molar-refractivity contribution in [1.29, 1.82) is 0 Å². The van der Waals surface area contributed by atoms with Crippen LogP contribution < -0.4 is 5.32 Å². The average Bonchev–Trinajstić information content (AvgIpc) is 2.65. The van der Waals surface area contributed by atoms with Crippen molar-refractivity contribution in [3.8, 4) is 0 Å². The van der Waals surface area contributed by atoms with Gasteiger partial charge >= 0.3 is 0 Å². The number of methoxy groups -OCH3 is 1. The summed E-state index contributed by atoms with van der Waals surface area (Å²) in [7, 11) is -1.93. The largest absolute Gasteiger partial charge is 0.372 e. The second-order valence-electron chi connectivity index (χ2n) is 6.10. The van der Waals surface area contributed by atoms with Crippen LogP contribution >= 0.6 is 11.6 Å². The quantitative estimate of drug-likeness (QED) is 0.745. The molecule has 0 saturated carbocycles. The van der Waals surface area contributed by atoms with Crippen LogP contribution in [0.1, 0.15) is 18.9 Å². The number of hydrogen-bond donors (Lipinski definition) is 1. The molecule has 0 radical (unpaired) electrons. The van der Waals surface area contributed by atoms with Crippen molar-refractivity contribution >= 4 is 27.3 Å². The number of amides is 1. The van der Waals surface area contributed by atoms with Crippen molar-refractivity contribution in [2.75, 3.05) is 19.4 Å². The SMILES string of the molecule is COC(C)(CNC(=O)CCS(=O)(=O)c1ccccc1)c1cccc(Cl)c1. The molecule has 1 atom stereocenters. The van der Waals surface area contributed by atoms with E-state index in [0.29, 0.717) is 5.02 Å². The van der Waals surface area contributed by atoms with Crippen molar-refractivity contribution in [3.63, 3.8) is 0 Å². The van der Waals surface area contributed by atoms with Gasteiger partial charge in [-0.05, 0) is 36.8 Å². The van der Waals surface area contributed by atoms with Gasteiger partial charge in [0.1, 0.15) is 5.60 Å². The van der Waals surface area contributed by atoms with Crippen LogP contribution in [0.15, 0.2) is 59.5 Å². The molecule has 0 bridgehead atoms. The molecule has 2 aromatic carbocycles. The maximum absolute atomic E-state index is 12.2. The predicted octanol–water partition coefficient (Wildman–Crippen LogP) is 3.18. The number of ether oxygens (including phenoxy) is 1. The van der Waals surface area contributed by atoms with Gasteiger partial charge in [0.25, 0.3) is 0 Å². The highest BCUT2D eigenvalue weighted by Crippen LogP contribution is 2.26. The molecule has 2 rings (SSSR count). The fourth-order valence-electron chi connectivity index (χ4n) is 2.44. The number of benzene rings is 2. The number of sulfone groups is 1. The Hall–Kier alpha value is -1.89. The van der Waals surface area contributed by atoms with E-state index in [0.717, 1.165) is 5.56 Å². The number of carbonyl (C=O) groups is 1. The molecule has 7 heteroatoms. The van der Waals surface area contributed by atoms with Gasteiger partial charge in [0, 0.05) is 18.6 Å². The fourth-order valence-corrected chi connectivity index (χ4v) is 3.89. The number of halogens is 1. The molecular weight excluding hydrogens is 374 g/mol. The molecule has 26 heavy (non-hydrogen) atoms. The van der Waals surface area contributed by atoms with E-state index in [2.05, 4.69) is 5.32 Å². The molecule has 0 spiro atoms. The second-order valence-corrected chi connectivity index (χ2v) is 8.65. The molecule has 0 aliphatic carbocycles. The van der Waals surface area contributed by atoms with Crippen LogP contribution in [-0.4, -0.2) is 33.7 Å². The van der Waals surface area contributed by atoms with Crippen molar-refractivity contribution < 1.29 is 17.9 Å². The molecule has 0 heterocycles. The smallest absolute Gasteiger partial charge is 0.221 e. The van der Waals surface area contributed by atoms with Crippen molar-refractivity contribution in [2.45, 2.75) is 23.8 Å². The van der Waals surface area contributed by atoms with E-state index in [4.69, 9.17) is 16.3 Å². The zero-order valence-corrected chi connectivity index (χ0v) is 16.3. The Morgan fingerprint density at radius 3 is 2.46 bits per heavy atom. The average molecular weight is 396 g/mol. The van der Waals surface area contributed by atoms with Crippen molar-refractivity contribution in [3.05, 3.63) is 65.2 Å². The van der Waals surface area contributed by atoms with E-state index in [-0.39, 0.29) is 29.5 Å². The van der Waals surface area contributed by atoms with E-state index in [9.17, 15) is 13.2 Å². The summed E-state index contributed by atoms with van der Waals surface area (Å²) < 4.78 is 30.0. The number of carbonyl (C=O) groups excluding carboxylic acids is 1. The third kappa shape index (κ3) is 5.30.